The van der Waals surface area contributed by atoms with E-state index in [1.807, 2.05) is 0 Å². The third-order valence-electron chi connectivity index (χ3n) is 0.820. The van der Waals surface area contributed by atoms with Gasteiger partial charge in [0.15, 0.2) is 0 Å². The molecular formula is C5H9ClTe. The van der Waals surface area contributed by atoms with Gasteiger partial charge in [-0.2, -0.15) is 0 Å². The van der Waals surface area contributed by atoms with Crippen molar-refractivity contribution in [3.63, 3.8) is 0 Å². The van der Waals surface area contributed by atoms with E-state index in [1.165, 1.54) is 9.19 Å². The summed E-state index contributed by atoms with van der Waals surface area (Å²) in [5, 5.41) is 0. The van der Waals surface area contributed by atoms with Crippen LogP contribution in [0.3, 0.4) is 0 Å². The first-order chi connectivity index (χ1) is 3.18. The molecule has 0 aromatic carbocycles. The molecule has 0 nitrogen and oxygen atoms in total. The van der Waals surface area contributed by atoms with Crippen molar-refractivity contribution in [2.75, 3.05) is 0 Å². The maximum absolute atomic E-state index is 5.62. The van der Waals surface area contributed by atoms with Gasteiger partial charge in [0, 0.05) is 0 Å². The van der Waals surface area contributed by atoms with E-state index in [9.17, 15) is 0 Å². The van der Waals surface area contributed by atoms with Crippen LogP contribution in [-0.4, -0.2) is 19.8 Å². The Labute approximate surface area is 58.8 Å². The Kier molecular flexibility index (Phi) is 4.22. The van der Waals surface area contributed by atoms with Crippen LogP contribution >= 0.6 is 8.96 Å². The Morgan fingerprint density at radius 3 is 1.71 bits per heavy atom. The van der Waals surface area contributed by atoms with Crippen molar-refractivity contribution in [2.24, 2.45) is 0 Å². The van der Waals surface area contributed by atoms with Crippen LogP contribution in [0.25, 0.3) is 0 Å². The second-order valence-electron chi connectivity index (χ2n) is 1.63. The van der Waals surface area contributed by atoms with Crippen molar-refractivity contribution < 1.29 is 0 Å². The molecule has 0 radical (unpaired) electrons. The van der Waals surface area contributed by atoms with Gasteiger partial charge in [0.05, 0.1) is 0 Å². The summed E-state index contributed by atoms with van der Waals surface area (Å²) in [5.41, 5.74) is 1.39. The Balaban J connectivity index is 3.72. The van der Waals surface area contributed by atoms with E-state index in [1.54, 1.807) is 0 Å². The summed E-state index contributed by atoms with van der Waals surface area (Å²) in [5.74, 6) is 0. The molecule has 0 aliphatic carbocycles. The predicted octanol–water partition coefficient (Wildman–Crippen LogP) is 2.16. The van der Waals surface area contributed by atoms with E-state index < -0.39 is 0 Å². The Morgan fingerprint density at radius 1 is 1.29 bits per heavy atom. The van der Waals surface area contributed by atoms with Gasteiger partial charge in [0.2, 0.25) is 0 Å². The molecule has 42 valence electrons. The molecule has 2 heteroatoms. The molecule has 0 fully saturated rings. The molecule has 0 spiro atoms. The normalized spacial score (nSPS) is 8.57. The Hall–Kier alpha value is 0.820. The SMILES string of the molecule is CC(C)=C(C)[Te]Cl. The van der Waals surface area contributed by atoms with Crippen LogP contribution in [0.5, 0.6) is 0 Å². The van der Waals surface area contributed by atoms with Crippen LogP contribution in [0.4, 0.5) is 0 Å². The second kappa shape index (κ2) is 3.78. The van der Waals surface area contributed by atoms with E-state index in [2.05, 4.69) is 20.8 Å². The van der Waals surface area contributed by atoms with Crippen molar-refractivity contribution in [2.45, 2.75) is 20.8 Å². The fourth-order valence-corrected chi connectivity index (χ4v) is 1.55. The maximum atomic E-state index is 5.62. The monoisotopic (exact) mass is 234 g/mol. The van der Waals surface area contributed by atoms with Crippen molar-refractivity contribution >= 4 is 28.8 Å². The average molecular weight is 232 g/mol. The summed E-state index contributed by atoms with van der Waals surface area (Å²) in [4.78, 5) is 0. The van der Waals surface area contributed by atoms with Crippen molar-refractivity contribution in [1.82, 2.24) is 0 Å². The van der Waals surface area contributed by atoms with Gasteiger partial charge in [-0.05, 0) is 0 Å². The molecule has 0 heterocycles. The minimum absolute atomic E-state index is 0.292. The van der Waals surface area contributed by atoms with E-state index in [4.69, 9.17) is 8.96 Å². The fourth-order valence-electron chi connectivity index (χ4n) is 0.0772. The summed E-state index contributed by atoms with van der Waals surface area (Å²) in [6.45, 7) is 6.30. The molecule has 0 aliphatic rings. The molecule has 0 unspecified atom stereocenters. The molecule has 7 heavy (non-hydrogen) atoms. The molecule has 0 N–H and O–H groups in total. The van der Waals surface area contributed by atoms with Gasteiger partial charge in [-0.3, -0.25) is 0 Å². The minimum atomic E-state index is -0.292. The number of halogens is 1. The standard InChI is InChI=1S/C5H9ClTe/c1-4(2)5(3)7-6/h1-3H3. The molecule has 0 aliphatic heterocycles. The van der Waals surface area contributed by atoms with Gasteiger partial charge >= 0.3 is 58.7 Å². The first kappa shape index (κ1) is 7.82. The molecule has 0 aromatic rings. The van der Waals surface area contributed by atoms with E-state index >= 15 is 0 Å². The van der Waals surface area contributed by atoms with Crippen LogP contribution < -0.4 is 0 Å². The first-order valence-electron chi connectivity index (χ1n) is 2.11. The van der Waals surface area contributed by atoms with Crippen LogP contribution in [0.1, 0.15) is 20.8 Å². The predicted molar refractivity (Wildman–Crippen MR) is 35.7 cm³/mol. The van der Waals surface area contributed by atoms with Gasteiger partial charge in [-0.1, -0.05) is 0 Å². The topological polar surface area (TPSA) is 0 Å². The van der Waals surface area contributed by atoms with Crippen LogP contribution in [0.15, 0.2) is 9.19 Å². The average Bonchev–Trinajstić information content (AvgIpc) is 1.65. The summed E-state index contributed by atoms with van der Waals surface area (Å²) in [6, 6.07) is 0. The zero-order chi connectivity index (χ0) is 5.86. The molecular weight excluding hydrogens is 223 g/mol. The number of hydrogen-bond donors (Lipinski definition) is 0. The van der Waals surface area contributed by atoms with Gasteiger partial charge in [0.1, 0.15) is 0 Å². The second-order valence-corrected chi connectivity index (χ2v) is 4.86. The fraction of sp³-hybridized carbons (Fsp3) is 0.600. The van der Waals surface area contributed by atoms with Gasteiger partial charge in [-0.15, -0.1) is 0 Å². The van der Waals surface area contributed by atoms with Crippen LogP contribution in [0.2, 0.25) is 0 Å². The zero-order valence-electron chi connectivity index (χ0n) is 4.79. The van der Waals surface area contributed by atoms with Crippen LogP contribution in [0, 0.1) is 0 Å². The molecule has 0 bridgehead atoms. The van der Waals surface area contributed by atoms with E-state index in [0.29, 0.717) is 0 Å². The summed E-state index contributed by atoms with van der Waals surface area (Å²) in [6.07, 6.45) is 0. The zero-order valence-corrected chi connectivity index (χ0v) is 7.87. The van der Waals surface area contributed by atoms with Gasteiger partial charge < -0.3 is 0 Å². The van der Waals surface area contributed by atoms with Crippen LogP contribution in [-0.2, 0) is 0 Å². The summed E-state index contributed by atoms with van der Waals surface area (Å²) < 4.78 is 1.41. The van der Waals surface area contributed by atoms with Crippen molar-refractivity contribution in [1.29, 1.82) is 0 Å². The number of allylic oxidation sites excluding steroid dienone is 2. The van der Waals surface area contributed by atoms with E-state index in [0.717, 1.165) is 0 Å². The van der Waals surface area contributed by atoms with Gasteiger partial charge in [-0.25, -0.2) is 0 Å². The Morgan fingerprint density at radius 2 is 1.71 bits per heavy atom. The molecule has 0 rings (SSSR count). The van der Waals surface area contributed by atoms with E-state index in [-0.39, 0.29) is 19.8 Å². The molecule has 0 saturated heterocycles. The Bertz CT molecular complexity index is 82.1. The summed E-state index contributed by atoms with van der Waals surface area (Å²) >= 11 is -0.292. The third-order valence-corrected chi connectivity index (χ3v) is 4.20. The number of rotatable bonds is 1. The quantitative estimate of drug-likeness (QED) is 0.608. The molecule has 0 atom stereocenters. The molecule has 0 amide bonds. The van der Waals surface area contributed by atoms with Crippen molar-refractivity contribution in [3.8, 4) is 0 Å². The molecule has 0 saturated carbocycles. The van der Waals surface area contributed by atoms with Crippen molar-refractivity contribution in [3.05, 3.63) is 9.19 Å². The third kappa shape index (κ3) is 3.41. The van der Waals surface area contributed by atoms with Gasteiger partial charge in [0.25, 0.3) is 0 Å². The number of hydrogen-bond acceptors (Lipinski definition) is 0. The summed E-state index contributed by atoms with van der Waals surface area (Å²) in [7, 11) is 5.62. The first-order valence-corrected chi connectivity index (χ1v) is 6.22. The molecule has 0 aromatic heterocycles.